The summed E-state index contributed by atoms with van der Waals surface area (Å²) in [5.41, 5.74) is 0.915. The highest BCUT2D eigenvalue weighted by atomic mass is 32.1. The summed E-state index contributed by atoms with van der Waals surface area (Å²) in [6.45, 7) is 10.0. The number of aromatic nitrogens is 2. The molecule has 33 heavy (non-hydrogen) atoms. The fourth-order valence-electron chi connectivity index (χ4n) is 3.49. The fraction of sp³-hybridized carbons (Fsp3) is 0.409. The second kappa shape index (κ2) is 9.84. The molecule has 0 unspecified atom stereocenters. The van der Waals surface area contributed by atoms with Crippen LogP contribution in [0.4, 0.5) is 5.00 Å². The minimum atomic E-state index is -0.608. The third-order valence-corrected chi connectivity index (χ3v) is 7.71. The van der Waals surface area contributed by atoms with Crippen LogP contribution in [0.1, 0.15) is 61.6 Å². The van der Waals surface area contributed by atoms with E-state index in [-0.39, 0.29) is 28.6 Å². The van der Waals surface area contributed by atoms with Crippen molar-refractivity contribution in [3.05, 3.63) is 43.1 Å². The SMILES string of the molecule is CCOC(=O)c1c(NC(=O)c2sc3ncn(C)c(=O)c3c2C)sc(C(=O)N(CC)CC)c1C. The summed E-state index contributed by atoms with van der Waals surface area (Å²) in [6.07, 6.45) is 1.41. The Hall–Kier alpha value is -3.05. The zero-order valence-corrected chi connectivity index (χ0v) is 21.0. The summed E-state index contributed by atoms with van der Waals surface area (Å²) < 4.78 is 6.54. The summed E-state index contributed by atoms with van der Waals surface area (Å²) >= 11 is 2.15. The van der Waals surface area contributed by atoms with E-state index in [1.165, 1.54) is 10.9 Å². The maximum absolute atomic E-state index is 13.2. The van der Waals surface area contributed by atoms with E-state index in [1.54, 1.807) is 32.7 Å². The molecule has 0 atom stereocenters. The normalized spacial score (nSPS) is 11.0. The van der Waals surface area contributed by atoms with E-state index in [0.717, 1.165) is 22.7 Å². The first-order valence-corrected chi connectivity index (χ1v) is 12.1. The molecule has 3 aromatic heterocycles. The number of hydrogen-bond acceptors (Lipinski definition) is 8. The third-order valence-electron chi connectivity index (χ3n) is 5.32. The standard InChI is InChI=1S/C22H26N4O5S2/c1-7-26(8-2)21(29)16-12(5)14(22(30)31-9-3)19(33-16)24-17(27)15-11(4)13-18(32-15)23-10-25(6)20(13)28/h10H,7-9H2,1-6H3,(H,24,27). The number of carbonyl (C=O) groups is 3. The van der Waals surface area contributed by atoms with Crippen LogP contribution in [0.3, 0.4) is 0 Å². The van der Waals surface area contributed by atoms with Crippen LogP contribution >= 0.6 is 22.7 Å². The number of aryl methyl sites for hydroxylation is 2. The quantitative estimate of drug-likeness (QED) is 0.507. The molecule has 0 radical (unpaired) electrons. The predicted octanol–water partition coefficient (Wildman–Crippen LogP) is 3.58. The smallest absolute Gasteiger partial charge is 0.341 e. The van der Waals surface area contributed by atoms with Crippen LogP contribution in [0, 0.1) is 13.8 Å². The second-order valence-electron chi connectivity index (χ2n) is 7.31. The van der Waals surface area contributed by atoms with Gasteiger partial charge in [-0.2, -0.15) is 0 Å². The number of nitrogens with one attached hydrogen (secondary N) is 1. The van der Waals surface area contributed by atoms with E-state index in [0.29, 0.717) is 44.2 Å². The van der Waals surface area contributed by atoms with Crippen molar-refractivity contribution in [1.29, 1.82) is 0 Å². The Labute approximate surface area is 199 Å². The van der Waals surface area contributed by atoms with E-state index in [2.05, 4.69) is 10.3 Å². The lowest BCUT2D eigenvalue weighted by Gasteiger charge is -2.18. The first kappa shape index (κ1) is 24.6. The Morgan fingerprint density at radius 1 is 1.09 bits per heavy atom. The van der Waals surface area contributed by atoms with Gasteiger partial charge < -0.3 is 19.5 Å². The Morgan fingerprint density at radius 3 is 2.36 bits per heavy atom. The molecule has 0 aromatic carbocycles. The average Bonchev–Trinajstić information content (AvgIpc) is 3.28. The molecule has 9 nitrogen and oxygen atoms in total. The molecule has 3 aromatic rings. The molecule has 11 heteroatoms. The third kappa shape index (κ3) is 4.42. The molecular weight excluding hydrogens is 464 g/mol. The molecule has 0 saturated heterocycles. The molecule has 0 aliphatic carbocycles. The van der Waals surface area contributed by atoms with E-state index in [1.807, 2.05) is 13.8 Å². The minimum absolute atomic E-state index is 0.158. The van der Waals surface area contributed by atoms with E-state index in [4.69, 9.17) is 4.74 Å². The van der Waals surface area contributed by atoms with Crippen LogP contribution in [0.2, 0.25) is 0 Å². The molecule has 0 aliphatic rings. The molecule has 0 spiro atoms. The highest BCUT2D eigenvalue weighted by Gasteiger charge is 2.29. The van der Waals surface area contributed by atoms with Crippen LogP contribution < -0.4 is 10.9 Å². The average molecular weight is 491 g/mol. The number of fused-ring (bicyclic) bond motifs is 1. The molecule has 2 amide bonds. The summed E-state index contributed by atoms with van der Waals surface area (Å²) in [7, 11) is 1.60. The number of hydrogen-bond donors (Lipinski definition) is 1. The number of nitrogens with zero attached hydrogens (tertiary/aromatic N) is 3. The van der Waals surface area contributed by atoms with Crippen molar-refractivity contribution >= 4 is 55.7 Å². The number of amides is 2. The molecule has 176 valence electrons. The van der Waals surface area contributed by atoms with E-state index < -0.39 is 11.9 Å². The number of thiophene rings is 2. The van der Waals surface area contributed by atoms with Gasteiger partial charge in [-0.05, 0) is 45.7 Å². The van der Waals surface area contributed by atoms with Crippen molar-refractivity contribution in [2.75, 3.05) is 25.0 Å². The Kier molecular flexibility index (Phi) is 7.33. The maximum atomic E-state index is 13.2. The number of ether oxygens (including phenoxy) is 1. The predicted molar refractivity (Wildman–Crippen MR) is 130 cm³/mol. The van der Waals surface area contributed by atoms with Crippen molar-refractivity contribution in [2.45, 2.75) is 34.6 Å². The van der Waals surface area contributed by atoms with Gasteiger partial charge in [0.05, 0.1) is 33.6 Å². The van der Waals surface area contributed by atoms with Gasteiger partial charge in [0.1, 0.15) is 9.83 Å². The Bertz CT molecular complexity index is 1300. The van der Waals surface area contributed by atoms with Gasteiger partial charge in [-0.1, -0.05) is 0 Å². The number of esters is 1. The minimum Gasteiger partial charge on any atom is -0.462 e. The first-order valence-electron chi connectivity index (χ1n) is 10.5. The van der Waals surface area contributed by atoms with Gasteiger partial charge in [0, 0.05) is 20.1 Å². The highest BCUT2D eigenvalue weighted by molar-refractivity contribution is 7.21. The van der Waals surface area contributed by atoms with Gasteiger partial charge in [0.25, 0.3) is 17.4 Å². The van der Waals surface area contributed by atoms with Gasteiger partial charge in [0.15, 0.2) is 0 Å². The fourth-order valence-corrected chi connectivity index (χ4v) is 5.69. The van der Waals surface area contributed by atoms with Gasteiger partial charge in [0.2, 0.25) is 0 Å². The number of rotatable bonds is 7. The number of carbonyl (C=O) groups excluding carboxylic acids is 3. The molecule has 3 heterocycles. The summed E-state index contributed by atoms with van der Waals surface area (Å²) in [4.78, 5) is 58.4. The van der Waals surface area contributed by atoms with Crippen LogP contribution in [-0.2, 0) is 11.8 Å². The summed E-state index contributed by atoms with van der Waals surface area (Å²) in [6, 6.07) is 0. The van der Waals surface area contributed by atoms with Gasteiger partial charge in [-0.25, -0.2) is 9.78 Å². The van der Waals surface area contributed by atoms with Crippen LogP contribution in [-0.4, -0.2) is 51.9 Å². The molecule has 0 fully saturated rings. The van der Waals surface area contributed by atoms with Crippen molar-refractivity contribution < 1.29 is 19.1 Å². The Morgan fingerprint density at radius 2 is 1.76 bits per heavy atom. The van der Waals surface area contributed by atoms with Crippen LogP contribution in [0.5, 0.6) is 0 Å². The Balaban J connectivity index is 2.07. The lowest BCUT2D eigenvalue weighted by Crippen LogP contribution is -2.30. The van der Waals surface area contributed by atoms with Crippen LogP contribution in [0.15, 0.2) is 11.1 Å². The summed E-state index contributed by atoms with van der Waals surface area (Å²) in [5.74, 6) is -1.30. The highest BCUT2D eigenvalue weighted by Crippen LogP contribution is 2.36. The van der Waals surface area contributed by atoms with Crippen molar-refractivity contribution in [3.8, 4) is 0 Å². The molecule has 3 rings (SSSR count). The first-order chi connectivity index (χ1) is 15.7. The molecule has 1 N–H and O–H groups in total. The van der Waals surface area contributed by atoms with Crippen molar-refractivity contribution in [2.24, 2.45) is 7.05 Å². The van der Waals surface area contributed by atoms with Gasteiger partial charge in [-0.3, -0.25) is 14.4 Å². The molecular formula is C22H26N4O5S2. The molecule has 0 bridgehead atoms. The van der Waals surface area contributed by atoms with E-state index >= 15 is 0 Å². The zero-order chi connectivity index (χ0) is 24.4. The topological polar surface area (TPSA) is 111 Å². The van der Waals surface area contributed by atoms with Crippen molar-refractivity contribution in [3.63, 3.8) is 0 Å². The largest absolute Gasteiger partial charge is 0.462 e. The zero-order valence-electron chi connectivity index (χ0n) is 19.4. The molecule has 0 aliphatic heterocycles. The lowest BCUT2D eigenvalue weighted by atomic mass is 10.1. The number of anilines is 1. The maximum Gasteiger partial charge on any atom is 0.341 e. The van der Waals surface area contributed by atoms with Gasteiger partial charge >= 0.3 is 5.97 Å². The molecule has 0 saturated carbocycles. The lowest BCUT2D eigenvalue weighted by molar-refractivity contribution is 0.0527. The van der Waals surface area contributed by atoms with Crippen LogP contribution in [0.25, 0.3) is 10.2 Å². The summed E-state index contributed by atoms with van der Waals surface area (Å²) in [5, 5.41) is 3.40. The second-order valence-corrected chi connectivity index (χ2v) is 9.33. The van der Waals surface area contributed by atoms with Crippen molar-refractivity contribution in [1.82, 2.24) is 14.5 Å². The van der Waals surface area contributed by atoms with Gasteiger partial charge in [-0.15, -0.1) is 22.7 Å². The van der Waals surface area contributed by atoms with E-state index in [9.17, 15) is 19.2 Å². The monoisotopic (exact) mass is 490 g/mol.